The second-order valence-electron chi connectivity index (χ2n) is 6.25. The van der Waals surface area contributed by atoms with Crippen LogP contribution < -0.4 is 14.9 Å². The van der Waals surface area contributed by atoms with Crippen molar-refractivity contribution in [3.63, 3.8) is 0 Å². The molecule has 0 fully saturated rings. The average Bonchev–Trinajstić information content (AvgIpc) is 3.25. The highest BCUT2D eigenvalue weighted by Crippen LogP contribution is 2.36. The maximum Gasteiger partial charge on any atom is 0.315 e. The zero-order valence-electron chi connectivity index (χ0n) is 17.2. The highest BCUT2D eigenvalue weighted by molar-refractivity contribution is 7.99. The zero-order chi connectivity index (χ0) is 24.7. The molecule has 0 saturated carbocycles. The molecule has 178 valence electrons. The molecule has 0 aliphatic heterocycles. The van der Waals surface area contributed by atoms with Crippen LogP contribution in [0.15, 0.2) is 45.1 Å². The van der Waals surface area contributed by atoms with E-state index in [1.165, 1.54) is 25.5 Å². The van der Waals surface area contributed by atoms with E-state index in [0.29, 0.717) is 15.8 Å². The number of nitro groups is 1. The van der Waals surface area contributed by atoms with Crippen LogP contribution in [0.1, 0.15) is 11.5 Å². The third-order valence-corrected chi connectivity index (χ3v) is 5.27. The summed E-state index contributed by atoms with van der Waals surface area (Å²) < 4.78 is 15.8. The molecule has 0 aliphatic rings. The molecule has 3 aromatic rings. The molecule has 0 saturated heterocycles. The van der Waals surface area contributed by atoms with Crippen molar-refractivity contribution < 1.29 is 28.7 Å². The van der Waals surface area contributed by atoms with Crippen LogP contribution >= 0.6 is 35.0 Å². The standard InChI is InChI=1S/C19H15Cl2N5O7S/c1-31-15-5-10(4-13(18(15)28)26(29)30)7-22-23-16(27)9-34-19-25-24-17(33-19)8-32-14-3-2-11(20)6-12(14)21/h2-7,28H,8-9H2,1H3,(H,23,27)/b22-7-. The number of hydrogen-bond acceptors (Lipinski definition) is 11. The van der Waals surface area contributed by atoms with Gasteiger partial charge in [0.15, 0.2) is 12.4 Å². The van der Waals surface area contributed by atoms with Crippen LogP contribution in [0.3, 0.4) is 0 Å². The molecule has 1 heterocycles. The van der Waals surface area contributed by atoms with E-state index in [9.17, 15) is 20.0 Å². The van der Waals surface area contributed by atoms with Gasteiger partial charge < -0.3 is 19.0 Å². The first-order valence-corrected chi connectivity index (χ1v) is 10.9. The fraction of sp³-hybridized carbons (Fsp3) is 0.158. The number of aromatic hydroxyl groups is 1. The maximum absolute atomic E-state index is 12.0. The van der Waals surface area contributed by atoms with Crippen molar-refractivity contribution in [1.82, 2.24) is 15.6 Å². The van der Waals surface area contributed by atoms with Gasteiger partial charge in [0.25, 0.3) is 17.0 Å². The van der Waals surface area contributed by atoms with Crippen LogP contribution in [-0.2, 0) is 11.4 Å². The number of phenols is 1. The second kappa shape index (κ2) is 11.5. The molecule has 0 aliphatic carbocycles. The van der Waals surface area contributed by atoms with E-state index in [1.54, 1.807) is 12.1 Å². The summed E-state index contributed by atoms with van der Waals surface area (Å²) in [4.78, 5) is 22.2. The third-order valence-electron chi connectivity index (χ3n) is 3.92. The van der Waals surface area contributed by atoms with Crippen LogP contribution in [-0.4, -0.2) is 45.2 Å². The predicted molar refractivity (Wildman–Crippen MR) is 123 cm³/mol. The van der Waals surface area contributed by atoms with Gasteiger partial charge in [-0.15, -0.1) is 10.2 Å². The number of halogens is 2. The van der Waals surface area contributed by atoms with Crippen LogP contribution in [0.5, 0.6) is 17.2 Å². The summed E-state index contributed by atoms with van der Waals surface area (Å²) in [7, 11) is 1.25. The number of rotatable bonds is 10. The molecule has 2 aromatic carbocycles. The van der Waals surface area contributed by atoms with Crippen LogP contribution in [0, 0.1) is 10.1 Å². The summed E-state index contributed by atoms with van der Waals surface area (Å²) in [5.41, 5.74) is 1.94. The molecule has 15 heteroatoms. The molecular formula is C19H15Cl2N5O7S. The number of carbonyl (C=O) groups is 1. The number of nitrogens with one attached hydrogen (secondary N) is 1. The van der Waals surface area contributed by atoms with Gasteiger partial charge in [-0.05, 0) is 24.3 Å². The van der Waals surface area contributed by atoms with Crippen molar-refractivity contribution in [3.8, 4) is 17.2 Å². The molecule has 0 radical (unpaired) electrons. The lowest BCUT2D eigenvalue weighted by Crippen LogP contribution is -2.19. The molecule has 2 N–H and O–H groups in total. The molecule has 0 atom stereocenters. The topological polar surface area (TPSA) is 162 Å². The zero-order valence-corrected chi connectivity index (χ0v) is 19.6. The van der Waals surface area contributed by atoms with Gasteiger partial charge in [0, 0.05) is 16.7 Å². The molecule has 0 unspecified atom stereocenters. The minimum absolute atomic E-state index is 0.0341. The Labute approximate surface area is 206 Å². The number of phenolic OH excluding ortho intramolecular Hbond substituents is 1. The minimum Gasteiger partial charge on any atom is -0.500 e. The summed E-state index contributed by atoms with van der Waals surface area (Å²) in [5, 5.41) is 33.1. The first-order valence-electron chi connectivity index (χ1n) is 9.17. The van der Waals surface area contributed by atoms with Gasteiger partial charge in [-0.25, -0.2) is 5.43 Å². The Bertz CT molecular complexity index is 1240. The monoisotopic (exact) mass is 527 g/mol. The number of thioether (sulfide) groups is 1. The van der Waals surface area contributed by atoms with E-state index in [2.05, 4.69) is 20.7 Å². The van der Waals surface area contributed by atoms with Gasteiger partial charge in [0.2, 0.25) is 5.75 Å². The van der Waals surface area contributed by atoms with Crippen molar-refractivity contribution in [3.05, 3.63) is 61.9 Å². The van der Waals surface area contributed by atoms with Gasteiger partial charge >= 0.3 is 5.69 Å². The van der Waals surface area contributed by atoms with E-state index in [-0.39, 0.29) is 34.8 Å². The Hall–Kier alpha value is -3.55. The Morgan fingerprint density at radius 1 is 1.32 bits per heavy atom. The fourth-order valence-corrected chi connectivity index (χ4v) is 3.44. The van der Waals surface area contributed by atoms with Crippen LogP contribution in [0.25, 0.3) is 0 Å². The molecule has 12 nitrogen and oxygen atoms in total. The summed E-state index contributed by atoms with van der Waals surface area (Å²) in [6.45, 7) is -0.0341. The number of nitro benzene ring substituents is 1. The SMILES string of the molecule is COc1cc(/C=N\NC(=O)CSc2nnc(COc3ccc(Cl)cc3Cl)o2)cc([N+](=O)[O-])c1O. The van der Waals surface area contributed by atoms with Gasteiger partial charge in [-0.2, -0.15) is 5.10 Å². The Morgan fingerprint density at radius 2 is 2.12 bits per heavy atom. The Balaban J connectivity index is 1.49. The molecule has 34 heavy (non-hydrogen) atoms. The number of hydrogen-bond donors (Lipinski definition) is 2. The number of hydrazone groups is 1. The number of ether oxygens (including phenoxy) is 2. The quantitative estimate of drug-likeness (QED) is 0.171. The fourth-order valence-electron chi connectivity index (χ4n) is 2.41. The summed E-state index contributed by atoms with van der Waals surface area (Å²) in [5.74, 6) is -0.729. The highest BCUT2D eigenvalue weighted by atomic mass is 35.5. The number of methoxy groups -OCH3 is 1. The molecule has 3 rings (SSSR count). The number of benzene rings is 2. The Kier molecular flexibility index (Phi) is 8.51. The van der Waals surface area contributed by atoms with Gasteiger partial charge in [0.1, 0.15) is 5.75 Å². The lowest BCUT2D eigenvalue weighted by molar-refractivity contribution is -0.386. The number of nitrogens with zero attached hydrogens (tertiary/aromatic N) is 4. The van der Waals surface area contributed by atoms with Crippen molar-refractivity contribution in [2.75, 3.05) is 12.9 Å². The van der Waals surface area contributed by atoms with Crippen molar-refractivity contribution in [2.24, 2.45) is 5.10 Å². The van der Waals surface area contributed by atoms with E-state index in [1.807, 2.05) is 0 Å². The van der Waals surface area contributed by atoms with Crippen LogP contribution in [0.2, 0.25) is 10.0 Å². The molecule has 0 spiro atoms. The van der Waals surface area contributed by atoms with E-state index in [0.717, 1.165) is 17.8 Å². The van der Waals surface area contributed by atoms with Crippen molar-refractivity contribution in [1.29, 1.82) is 0 Å². The van der Waals surface area contributed by atoms with Gasteiger partial charge in [-0.1, -0.05) is 35.0 Å². The first-order chi connectivity index (χ1) is 16.3. The number of carbonyl (C=O) groups excluding carboxylic acids is 1. The lowest BCUT2D eigenvalue weighted by Gasteiger charge is -2.05. The molecule has 1 amide bonds. The summed E-state index contributed by atoms with van der Waals surface area (Å²) >= 11 is 12.8. The van der Waals surface area contributed by atoms with Crippen molar-refractivity contribution >= 4 is 52.8 Å². The van der Waals surface area contributed by atoms with Gasteiger partial charge in [-0.3, -0.25) is 14.9 Å². The average molecular weight is 528 g/mol. The van der Waals surface area contributed by atoms with E-state index in [4.69, 9.17) is 37.1 Å². The molecular weight excluding hydrogens is 513 g/mol. The first kappa shape index (κ1) is 25.1. The second-order valence-corrected chi connectivity index (χ2v) is 8.03. The molecule has 0 bridgehead atoms. The lowest BCUT2D eigenvalue weighted by atomic mass is 10.2. The van der Waals surface area contributed by atoms with Crippen LogP contribution in [0.4, 0.5) is 5.69 Å². The highest BCUT2D eigenvalue weighted by Gasteiger charge is 2.19. The van der Waals surface area contributed by atoms with Crippen molar-refractivity contribution in [2.45, 2.75) is 11.8 Å². The smallest absolute Gasteiger partial charge is 0.315 e. The minimum atomic E-state index is -0.766. The largest absolute Gasteiger partial charge is 0.500 e. The predicted octanol–water partition coefficient (Wildman–Crippen LogP) is 3.82. The maximum atomic E-state index is 12.0. The normalized spacial score (nSPS) is 10.9. The molecule has 1 aromatic heterocycles. The summed E-state index contributed by atoms with van der Waals surface area (Å²) in [6, 6.07) is 7.17. The third kappa shape index (κ3) is 6.73. The van der Waals surface area contributed by atoms with E-state index >= 15 is 0 Å². The van der Waals surface area contributed by atoms with Gasteiger partial charge in [0.05, 0.1) is 29.0 Å². The van der Waals surface area contributed by atoms with E-state index < -0.39 is 22.3 Å². The summed E-state index contributed by atoms with van der Waals surface area (Å²) in [6.07, 6.45) is 1.17. The number of aromatic nitrogens is 2. The Morgan fingerprint density at radius 3 is 2.82 bits per heavy atom. The number of amides is 1.